The molecule has 0 atom stereocenters. The summed E-state index contributed by atoms with van der Waals surface area (Å²) in [5.41, 5.74) is -0.690. The van der Waals surface area contributed by atoms with Gasteiger partial charge in [0, 0.05) is 44.5 Å². The van der Waals surface area contributed by atoms with Crippen LogP contribution >= 0.6 is 11.6 Å². The van der Waals surface area contributed by atoms with E-state index in [9.17, 15) is 28.1 Å². The van der Waals surface area contributed by atoms with Gasteiger partial charge in [-0.3, -0.25) is 19.8 Å². The highest BCUT2D eigenvalue weighted by Crippen LogP contribution is 2.29. The summed E-state index contributed by atoms with van der Waals surface area (Å²) < 4.78 is 38.1. The predicted molar refractivity (Wildman–Crippen MR) is 109 cm³/mol. The smallest absolute Gasteiger partial charge is 0.355 e. The van der Waals surface area contributed by atoms with Crippen LogP contribution in [0.2, 0.25) is 5.02 Å². The van der Waals surface area contributed by atoms with E-state index in [0.29, 0.717) is 38.4 Å². The lowest BCUT2D eigenvalue weighted by molar-refractivity contribution is -0.384. The second kappa shape index (κ2) is 9.48. The number of aromatic nitrogens is 1. The van der Waals surface area contributed by atoms with Gasteiger partial charge in [0.2, 0.25) is 5.91 Å². The van der Waals surface area contributed by atoms with Crippen molar-refractivity contribution in [3.8, 4) is 0 Å². The Bertz CT molecular complexity index is 956. The van der Waals surface area contributed by atoms with E-state index in [0.717, 1.165) is 18.3 Å². The van der Waals surface area contributed by atoms with E-state index in [-0.39, 0.29) is 28.8 Å². The second-order valence-corrected chi connectivity index (χ2v) is 7.40. The Kier molecular flexibility index (Phi) is 6.96. The summed E-state index contributed by atoms with van der Waals surface area (Å²) in [4.78, 5) is 30.3. The summed E-state index contributed by atoms with van der Waals surface area (Å²) in [5.74, 6) is 0.133. The number of non-ortho nitro benzene ring substituents is 1. The quantitative estimate of drug-likeness (QED) is 0.542. The molecule has 1 aromatic heterocycles. The van der Waals surface area contributed by atoms with Gasteiger partial charge in [-0.2, -0.15) is 13.2 Å². The normalized spacial score (nSPS) is 15.4. The van der Waals surface area contributed by atoms with Gasteiger partial charge >= 0.3 is 6.18 Å². The molecular formula is C19H19ClF3N5O3. The van der Waals surface area contributed by atoms with Crippen LogP contribution in [0, 0.1) is 10.1 Å². The molecule has 2 heterocycles. The number of hydrogen-bond donors (Lipinski definition) is 1. The standard InChI is InChI=1S/C19H19ClF3N5O3/c20-15-10-14(28(30)31)3-4-16(15)25-18(29)12-26-6-1-7-27(9-8-26)17-5-2-13(11-24-17)19(21,22)23/h2-5,10-11H,1,6-9,12H2,(H,25,29). The molecule has 0 unspecified atom stereocenters. The fourth-order valence-corrected chi connectivity index (χ4v) is 3.43. The number of amides is 1. The molecule has 8 nitrogen and oxygen atoms in total. The van der Waals surface area contributed by atoms with E-state index < -0.39 is 16.7 Å². The average Bonchev–Trinajstić information content (AvgIpc) is 2.94. The molecule has 2 aromatic rings. The van der Waals surface area contributed by atoms with Crippen LogP contribution in [0.25, 0.3) is 0 Å². The number of hydrogen-bond acceptors (Lipinski definition) is 6. The number of alkyl halides is 3. The highest BCUT2D eigenvalue weighted by molar-refractivity contribution is 6.34. The van der Waals surface area contributed by atoms with E-state index in [1.54, 1.807) is 0 Å². The minimum absolute atomic E-state index is 0.0676. The van der Waals surface area contributed by atoms with E-state index in [1.165, 1.54) is 18.2 Å². The van der Waals surface area contributed by atoms with Crippen molar-refractivity contribution in [2.24, 2.45) is 0 Å². The maximum absolute atomic E-state index is 12.7. The molecular weight excluding hydrogens is 439 g/mol. The number of rotatable bonds is 5. The molecule has 1 saturated heterocycles. The number of benzene rings is 1. The third-order valence-corrected chi connectivity index (χ3v) is 5.11. The summed E-state index contributed by atoms with van der Waals surface area (Å²) in [5, 5.41) is 13.5. The third kappa shape index (κ3) is 6.05. The van der Waals surface area contributed by atoms with Crippen molar-refractivity contribution < 1.29 is 22.9 Å². The minimum atomic E-state index is -4.43. The third-order valence-electron chi connectivity index (χ3n) is 4.79. The molecule has 0 bridgehead atoms. The van der Waals surface area contributed by atoms with Gasteiger partial charge in [0.15, 0.2) is 0 Å². The van der Waals surface area contributed by atoms with Crippen LogP contribution < -0.4 is 10.2 Å². The van der Waals surface area contributed by atoms with Crippen LogP contribution in [0.1, 0.15) is 12.0 Å². The zero-order chi connectivity index (χ0) is 22.6. The van der Waals surface area contributed by atoms with E-state index in [2.05, 4.69) is 10.3 Å². The number of nitrogens with one attached hydrogen (secondary N) is 1. The zero-order valence-corrected chi connectivity index (χ0v) is 17.0. The molecule has 12 heteroatoms. The first kappa shape index (κ1) is 22.8. The fraction of sp³-hybridized carbons (Fsp3) is 0.368. The van der Waals surface area contributed by atoms with Crippen LogP contribution in [0.5, 0.6) is 0 Å². The molecule has 1 aliphatic heterocycles. The Morgan fingerprint density at radius 1 is 1.19 bits per heavy atom. The molecule has 1 N–H and O–H groups in total. The molecule has 0 spiro atoms. The van der Waals surface area contributed by atoms with Crippen LogP contribution in [0.15, 0.2) is 36.5 Å². The van der Waals surface area contributed by atoms with Crippen LogP contribution in [0.3, 0.4) is 0 Å². The van der Waals surface area contributed by atoms with E-state index in [4.69, 9.17) is 11.6 Å². The lowest BCUT2D eigenvalue weighted by Crippen LogP contribution is -2.36. The van der Waals surface area contributed by atoms with Crippen LogP contribution in [-0.2, 0) is 11.0 Å². The van der Waals surface area contributed by atoms with Crippen LogP contribution in [-0.4, -0.2) is 53.4 Å². The molecule has 0 radical (unpaired) electrons. The number of nitro benzene ring substituents is 1. The van der Waals surface area contributed by atoms with Gasteiger partial charge in [-0.25, -0.2) is 4.98 Å². The number of halogens is 4. The first-order valence-corrected chi connectivity index (χ1v) is 9.75. The van der Waals surface area contributed by atoms with Crippen molar-refractivity contribution in [2.45, 2.75) is 12.6 Å². The summed E-state index contributed by atoms with van der Waals surface area (Å²) in [6.45, 7) is 2.33. The predicted octanol–water partition coefficient (Wildman–Crippen LogP) is 3.81. The molecule has 3 rings (SSSR count). The number of anilines is 2. The van der Waals surface area contributed by atoms with Crippen molar-refractivity contribution in [3.63, 3.8) is 0 Å². The topological polar surface area (TPSA) is 91.6 Å². The molecule has 1 aromatic carbocycles. The molecule has 1 aliphatic rings. The van der Waals surface area contributed by atoms with Crippen molar-refractivity contribution in [3.05, 3.63) is 57.2 Å². The highest BCUT2D eigenvalue weighted by Gasteiger charge is 2.31. The Hall–Kier alpha value is -2.92. The SMILES string of the molecule is O=C(CN1CCCN(c2ccc(C(F)(F)F)cn2)CC1)Nc1ccc([N+](=O)[O-])cc1Cl. The molecule has 31 heavy (non-hydrogen) atoms. The van der Waals surface area contributed by atoms with Gasteiger partial charge in [-0.1, -0.05) is 11.6 Å². The molecule has 1 fully saturated rings. The Morgan fingerprint density at radius 2 is 1.97 bits per heavy atom. The molecule has 0 aliphatic carbocycles. The number of nitro groups is 1. The number of nitrogens with zero attached hydrogens (tertiary/aromatic N) is 4. The van der Waals surface area contributed by atoms with Gasteiger partial charge in [-0.15, -0.1) is 0 Å². The van der Waals surface area contributed by atoms with Gasteiger partial charge in [0.25, 0.3) is 5.69 Å². The summed E-state index contributed by atoms with van der Waals surface area (Å²) >= 11 is 6.00. The largest absolute Gasteiger partial charge is 0.417 e. The Balaban J connectivity index is 1.55. The monoisotopic (exact) mass is 457 g/mol. The van der Waals surface area contributed by atoms with Gasteiger partial charge in [0.05, 0.1) is 27.7 Å². The Labute approximate surface area is 180 Å². The average molecular weight is 458 g/mol. The zero-order valence-electron chi connectivity index (χ0n) is 16.2. The van der Waals surface area contributed by atoms with Crippen molar-refractivity contribution >= 4 is 34.7 Å². The first-order valence-electron chi connectivity index (χ1n) is 9.38. The minimum Gasteiger partial charge on any atom is -0.355 e. The number of carbonyl (C=O) groups excluding carboxylic acids is 1. The van der Waals surface area contributed by atoms with E-state index >= 15 is 0 Å². The van der Waals surface area contributed by atoms with E-state index in [1.807, 2.05) is 9.80 Å². The lowest BCUT2D eigenvalue weighted by Gasteiger charge is -2.23. The van der Waals surface area contributed by atoms with Gasteiger partial charge in [0.1, 0.15) is 5.82 Å². The molecule has 166 valence electrons. The second-order valence-electron chi connectivity index (χ2n) is 6.99. The summed E-state index contributed by atoms with van der Waals surface area (Å²) in [7, 11) is 0. The summed E-state index contributed by atoms with van der Waals surface area (Å²) in [6.07, 6.45) is -2.91. The summed E-state index contributed by atoms with van der Waals surface area (Å²) in [6, 6.07) is 6.15. The van der Waals surface area contributed by atoms with Gasteiger partial charge < -0.3 is 10.2 Å². The van der Waals surface area contributed by atoms with Crippen molar-refractivity contribution in [1.82, 2.24) is 9.88 Å². The Morgan fingerprint density at radius 3 is 2.58 bits per heavy atom. The first-order chi connectivity index (χ1) is 14.6. The van der Waals surface area contributed by atoms with Crippen molar-refractivity contribution in [2.75, 3.05) is 42.9 Å². The lowest BCUT2D eigenvalue weighted by atomic mass is 10.2. The highest BCUT2D eigenvalue weighted by atomic mass is 35.5. The molecule has 0 saturated carbocycles. The molecule has 1 amide bonds. The van der Waals surface area contributed by atoms with Crippen molar-refractivity contribution in [1.29, 1.82) is 0 Å². The maximum Gasteiger partial charge on any atom is 0.417 e. The maximum atomic E-state index is 12.7. The number of pyridine rings is 1. The van der Waals surface area contributed by atoms with Crippen LogP contribution in [0.4, 0.5) is 30.4 Å². The van der Waals surface area contributed by atoms with Gasteiger partial charge in [-0.05, 0) is 24.6 Å². The fourth-order valence-electron chi connectivity index (χ4n) is 3.21. The number of carbonyl (C=O) groups is 1.